The molecule has 144 valence electrons. The van der Waals surface area contributed by atoms with Gasteiger partial charge in [0.1, 0.15) is 5.75 Å². The van der Waals surface area contributed by atoms with Gasteiger partial charge in [-0.2, -0.15) is 0 Å². The Morgan fingerprint density at radius 2 is 1.75 bits per heavy atom. The maximum absolute atomic E-state index is 12.6. The fourth-order valence-electron chi connectivity index (χ4n) is 2.67. The quantitative estimate of drug-likeness (QED) is 0.516. The van der Waals surface area contributed by atoms with Crippen LogP contribution in [-0.4, -0.2) is 13.0 Å². The third-order valence-corrected chi connectivity index (χ3v) is 4.65. The van der Waals surface area contributed by atoms with Crippen LogP contribution in [0.3, 0.4) is 0 Å². The Kier molecular flexibility index (Phi) is 6.93. The van der Waals surface area contributed by atoms with Crippen molar-refractivity contribution in [1.29, 1.82) is 0 Å². The van der Waals surface area contributed by atoms with E-state index in [1.54, 1.807) is 43.5 Å². The maximum atomic E-state index is 12.6. The highest BCUT2D eigenvalue weighted by atomic mass is 35.5. The molecule has 3 aromatic carbocycles. The number of nitrogens with one attached hydrogen (secondary N) is 1. The fraction of sp³-hybridized carbons (Fsp3) is 0.136. The normalized spacial score (nSPS) is 10.5. The fourth-order valence-corrected chi connectivity index (χ4v) is 3.01. The summed E-state index contributed by atoms with van der Waals surface area (Å²) < 4.78 is 11.2. The number of ether oxygens (including phenoxy) is 2. The predicted molar refractivity (Wildman–Crippen MR) is 112 cm³/mol. The average Bonchev–Trinajstić information content (AvgIpc) is 2.71. The highest BCUT2D eigenvalue weighted by Crippen LogP contribution is 2.27. The second-order valence-electron chi connectivity index (χ2n) is 6.08. The summed E-state index contributed by atoms with van der Waals surface area (Å²) in [4.78, 5) is 12.6. The molecule has 1 amide bonds. The number of carbonyl (C=O) groups is 1. The summed E-state index contributed by atoms with van der Waals surface area (Å²) in [5.74, 6) is 0.363. The van der Waals surface area contributed by atoms with Crippen LogP contribution in [0, 0.1) is 0 Å². The van der Waals surface area contributed by atoms with Crippen molar-refractivity contribution >= 4 is 34.8 Å². The molecule has 3 aromatic rings. The van der Waals surface area contributed by atoms with Crippen molar-refractivity contribution < 1.29 is 14.3 Å². The minimum atomic E-state index is -0.295. The molecule has 0 aliphatic rings. The molecule has 1 N–H and O–H groups in total. The lowest BCUT2D eigenvalue weighted by Crippen LogP contribution is -2.13. The molecule has 0 saturated heterocycles. The van der Waals surface area contributed by atoms with Crippen LogP contribution in [0.5, 0.6) is 5.75 Å². The molecule has 0 bridgehead atoms. The molecule has 0 atom stereocenters. The molecule has 3 rings (SSSR count). The smallest absolute Gasteiger partial charge is 0.255 e. The SMILES string of the molecule is COc1ccc(C(=O)Nc2cc(Cl)ccc2Cl)cc1COCc1ccccc1. The van der Waals surface area contributed by atoms with E-state index in [4.69, 9.17) is 32.7 Å². The first-order valence-electron chi connectivity index (χ1n) is 8.62. The molecule has 0 aliphatic heterocycles. The molecule has 0 aromatic heterocycles. The predicted octanol–water partition coefficient (Wildman–Crippen LogP) is 5.97. The van der Waals surface area contributed by atoms with Gasteiger partial charge in [0.15, 0.2) is 0 Å². The molecule has 0 heterocycles. The minimum Gasteiger partial charge on any atom is -0.496 e. The Labute approximate surface area is 174 Å². The van der Waals surface area contributed by atoms with Gasteiger partial charge in [0.25, 0.3) is 5.91 Å². The standard InChI is InChI=1S/C22H19Cl2NO3/c1-27-21-10-7-16(22(26)25-20-12-18(23)8-9-19(20)24)11-17(21)14-28-13-15-5-3-2-4-6-15/h2-12H,13-14H2,1H3,(H,25,26). The molecular weight excluding hydrogens is 397 g/mol. The number of hydrogen-bond acceptors (Lipinski definition) is 3. The van der Waals surface area contributed by atoms with Crippen molar-refractivity contribution in [3.8, 4) is 5.75 Å². The van der Waals surface area contributed by atoms with Crippen LogP contribution in [0.1, 0.15) is 21.5 Å². The van der Waals surface area contributed by atoms with E-state index in [0.717, 1.165) is 11.1 Å². The third kappa shape index (κ3) is 5.26. The van der Waals surface area contributed by atoms with Crippen molar-refractivity contribution in [3.05, 3.63) is 93.5 Å². The molecular formula is C22H19Cl2NO3. The van der Waals surface area contributed by atoms with Crippen LogP contribution < -0.4 is 10.1 Å². The van der Waals surface area contributed by atoms with E-state index in [1.165, 1.54) is 0 Å². The van der Waals surface area contributed by atoms with Crippen LogP contribution >= 0.6 is 23.2 Å². The van der Waals surface area contributed by atoms with E-state index in [2.05, 4.69) is 5.32 Å². The van der Waals surface area contributed by atoms with Gasteiger partial charge in [0, 0.05) is 16.1 Å². The zero-order chi connectivity index (χ0) is 19.9. The summed E-state index contributed by atoms with van der Waals surface area (Å²) in [5.41, 5.74) is 2.78. The van der Waals surface area contributed by atoms with Gasteiger partial charge in [-0.15, -0.1) is 0 Å². The zero-order valence-electron chi connectivity index (χ0n) is 15.2. The van der Waals surface area contributed by atoms with Crippen LogP contribution in [0.15, 0.2) is 66.7 Å². The molecule has 0 spiro atoms. The van der Waals surface area contributed by atoms with E-state index in [0.29, 0.717) is 40.3 Å². The van der Waals surface area contributed by atoms with E-state index >= 15 is 0 Å². The zero-order valence-corrected chi connectivity index (χ0v) is 16.8. The van der Waals surface area contributed by atoms with E-state index in [1.807, 2.05) is 30.3 Å². The van der Waals surface area contributed by atoms with Gasteiger partial charge in [-0.3, -0.25) is 4.79 Å². The average molecular weight is 416 g/mol. The Balaban J connectivity index is 1.72. The molecule has 6 heteroatoms. The monoisotopic (exact) mass is 415 g/mol. The van der Waals surface area contributed by atoms with Crippen LogP contribution in [0.25, 0.3) is 0 Å². The van der Waals surface area contributed by atoms with Crippen molar-refractivity contribution in [2.24, 2.45) is 0 Å². The van der Waals surface area contributed by atoms with Gasteiger partial charge in [-0.1, -0.05) is 53.5 Å². The molecule has 0 radical (unpaired) electrons. The van der Waals surface area contributed by atoms with E-state index in [-0.39, 0.29) is 5.91 Å². The number of halogens is 2. The second kappa shape index (κ2) is 9.60. The van der Waals surface area contributed by atoms with E-state index in [9.17, 15) is 4.79 Å². The van der Waals surface area contributed by atoms with Crippen LogP contribution in [-0.2, 0) is 18.0 Å². The Bertz CT molecular complexity index is 961. The number of methoxy groups -OCH3 is 1. The summed E-state index contributed by atoms with van der Waals surface area (Å²) in [6, 6.07) is 20.0. The summed E-state index contributed by atoms with van der Waals surface area (Å²) in [6.07, 6.45) is 0. The van der Waals surface area contributed by atoms with Crippen molar-refractivity contribution in [2.75, 3.05) is 12.4 Å². The number of benzene rings is 3. The largest absolute Gasteiger partial charge is 0.496 e. The van der Waals surface area contributed by atoms with Gasteiger partial charge in [0.2, 0.25) is 0 Å². The van der Waals surface area contributed by atoms with Crippen LogP contribution in [0.2, 0.25) is 10.0 Å². The number of rotatable bonds is 7. The molecule has 0 fully saturated rings. The summed E-state index contributed by atoms with van der Waals surface area (Å²) in [7, 11) is 1.58. The van der Waals surface area contributed by atoms with Gasteiger partial charge in [-0.25, -0.2) is 0 Å². The van der Waals surface area contributed by atoms with Crippen molar-refractivity contribution in [2.45, 2.75) is 13.2 Å². The summed E-state index contributed by atoms with van der Waals surface area (Å²) >= 11 is 12.1. The third-order valence-electron chi connectivity index (χ3n) is 4.09. The van der Waals surface area contributed by atoms with E-state index < -0.39 is 0 Å². The minimum absolute atomic E-state index is 0.295. The van der Waals surface area contributed by atoms with Gasteiger partial charge < -0.3 is 14.8 Å². The second-order valence-corrected chi connectivity index (χ2v) is 6.93. The first-order chi connectivity index (χ1) is 13.6. The molecule has 0 saturated carbocycles. The molecule has 28 heavy (non-hydrogen) atoms. The van der Waals surface area contributed by atoms with Gasteiger partial charge in [-0.05, 0) is 42.0 Å². The van der Waals surface area contributed by atoms with Crippen molar-refractivity contribution in [1.82, 2.24) is 0 Å². The van der Waals surface area contributed by atoms with Gasteiger partial charge in [0.05, 0.1) is 31.0 Å². The Hall–Kier alpha value is -2.53. The van der Waals surface area contributed by atoms with Crippen molar-refractivity contribution in [3.63, 3.8) is 0 Å². The van der Waals surface area contributed by atoms with Gasteiger partial charge >= 0.3 is 0 Å². The first-order valence-corrected chi connectivity index (χ1v) is 9.37. The topological polar surface area (TPSA) is 47.6 Å². The lowest BCUT2D eigenvalue weighted by Gasteiger charge is -2.12. The molecule has 4 nitrogen and oxygen atoms in total. The highest BCUT2D eigenvalue weighted by Gasteiger charge is 2.13. The van der Waals surface area contributed by atoms with Crippen LogP contribution in [0.4, 0.5) is 5.69 Å². The lowest BCUT2D eigenvalue weighted by molar-refractivity contribution is 0.102. The maximum Gasteiger partial charge on any atom is 0.255 e. The summed E-state index contributed by atoms with van der Waals surface area (Å²) in [5, 5.41) is 3.68. The number of hydrogen-bond donors (Lipinski definition) is 1. The lowest BCUT2D eigenvalue weighted by atomic mass is 10.1. The number of anilines is 1. The highest BCUT2D eigenvalue weighted by molar-refractivity contribution is 6.35. The Morgan fingerprint density at radius 3 is 2.50 bits per heavy atom. The first kappa shape index (κ1) is 20.2. The summed E-state index contributed by atoms with van der Waals surface area (Å²) in [6.45, 7) is 0.787. The number of amides is 1. The number of carbonyl (C=O) groups excluding carboxylic acids is 1. The molecule has 0 unspecified atom stereocenters. The Morgan fingerprint density at radius 1 is 0.964 bits per heavy atom. The molecule has 0 aliphatic carbocycles.